The van der Waals surface area contributed by atoms with Gasteiger partial charge in [0.2, 0.25) is 6.17 Å². The second-order valence-electron chi connectivity index (χ2n) is 7.01. The van der Waals surface area contributed by atoms with Crippen LogP contribution in [0.3, 0.4) is 0 Å². The molecule has 1 unspecified atom stereocenters. The Balaban J connectivity index is 2.09. The van der Waals surface area contributed by atoms with Gasteiger partial charge in [0, 0.05) is 11.8 Å². The van der Waals surface area contributed by atoms with Gasteiger partial charge in [-0.05, 0) is 38.5 Å². The summed E-state index contributed by atoms with van der Waals surface area (Å²) in [5.41, 5.74) is -2.83. The van der Waals surface area contributed by atoms with Crippen LogP contribution in [0, 0.1) is 5.41 Å². The van der Waals surface area contributed by atoms with E-state index in [1.807, 2.05) is 13.8 Å². The maximum atomic E-state index is 14.6. The summed E-state index contributed by atoms with van der Waals surface area (Å²) in [6.45, 7) is 3.86. The normalized spacial score (nSPS) is 36.3. The van der Waals surface area contributed by atoms with Crippen LogP contribution < -0.4 is 0 Å². The zero-order valence-electron chi connectivity index (χ0n) is 13.6. The number of carbonyl (C=O) groups is 1. The first-order valence-electron chi connectivity index (χ1n) is 8.57. The molecule has 0 saturated heterocycles. The van der Waals surface area contributed by atoms with Gasteiger partial charge < -0.3 is 4.74 Å². The summed E-state index contributed by atoms with van der Waals surface area (Å²) in [6, 6.07) is 0. The molecule has 0 aromatic rings. The lowest BCUT2D eigenvalue weighted by Crippen LogP contribution is -2.68. The molecule has 0 N–H and O–H groups in total. The molecule has 5 heteroatoms. The van der Waals surface area contributed by atoms with E-state index in [1.54, 1.807) is 0 Å². The maximum absolute atomic E-state index is 14.6. The van der Waals surface area contributed by atoms with Crippen LogP contribution in [-0.2, 0) is 9.53 Å². The minimum Gasteiger partial charge on any atom is -0.456 e. The zero-order valence-corrected chi connectivity index (χ0v) is 13.6. The minimum atomic E-state index is -3.40. The Morgan fingerprint density at radius 2 is 1.73 bits per heavy atom. The van der Waals surface area contributed by atoms with Crippen molar-refractivity contribution in [1.82, 2.24) is 0 Å². The number of fused-ring (bicyclic) bond motifs is 3. The van der Waals surface area contributed by atoms with Gasteiger partial charge in [0.05, 0.1) is 0 Å². The van der Waals surface area contributed by atoms with Crippen LogP contribution in [0.1, 0.15) is 78.1 Å². The van der Waals surface area contributed by atoms with Crippen molar-refractivity contribution >= 4 is 5.97 Å². The summed E-state index contributed by atoms with van der Waals surface area (Å²) in [7, 11) is 0. The lowest BCUT2D eigenvalue weighted by molar-refractivity contribution is -0.295. The Hall–Kier alpha value is -0.740. The minimum absolute atomic E-state index is 0.188. The largest absolute Gasteiger partial charge is 0.456 e. The first-order chi connectivity index (χ1) is 10.3. The van der Waals surface area contributed by atoms with E-state index in [0.29, 0.717) is 19.3 Å². The average Bonchev–Trinajstić information content (AvgIpc) is 2.47. The number of rotatable bonds is 7. The van der Waals surface area contributed by atoms with Crippen LogP contribution in [0.5, 0.6) is 0 Å². The molecule has 22 heavy (non-hydrogen) atoms. The quantitative estimate of drug-likeness (QED) is 0.476. The highest BCUT2D eigenvalue weighted by Crippen LogP contribution is 2.64. The topological polar surface area (TPSA) is 26.3 Å². The molecule has 3 aliphatic rings. The van der Waals surface area contributed by atoms with Crippen molar-refractivity contribution < 1.29 is 22.7 Å². The van der Waals surface area contributed by atoms with Crippen molar-refractivity contribution in [2.45, 2.75) is 95.8 Å². The summed E-state index contributed by atoms with van der Waals surface area (Å²) in [5.74, 6) is -3.93. The number of hydrogen-bond donors (Lipinski definition) is 0. The van der Waals surface area contributed by atoms with E-state index < -0.39 is 29.1 Å². The molecule has 3 rings (SSSR count). The summed E-state index contributed by atoms with van der Waals surface area (Å²) >= 11 is 0. The highest BCUT2D eigenvalue weighted by Gasteiger charge is 2.72. The molecule has 2 nitrogen and oxygen atoms in total. The first-order valence-corrected chi connectivity index (χ1v) is 8.57. The first kappa shape index (κ1) is 17.6. The van der Waals surface area contributed by atoms with Crippen molar-refractivity contribution in [2.75, 3.05) is 0 Å². The third-order valence-electron chi connectivity index (χ3n) is 5.57. The number of ether oxygens (including phenoxy) is 1. The van der Waals surface area contributed by atoms with Crippen LogP contribution in [0.25, 0.3) is 0 Å². The van der Waals surface area contributed by atoms with E-state index in [-0.39, 0.29) is 32.1 Å². The standard InChI is InChI=1S/C17H27F3O2/c1-3-5-6-7-13(21)22-16-11-9-15(8-4-2,10-12-16)17(19,20)14(16)18/h14H,3-12H2,1-2H3. The van der Waals surface area contributed by atoms with Crippen molar-refractivity contribution in [3.8, 4) is 0 Å². The highest BCUT2D eigenvalue weighted by molar-refractivity contribution is 5.70. The van der Waals surface area contributed by atoms with Crippen LogP contribution in [0.15, 0.2) is 0 Å². The Morgan fingerprint density at radius 1 is 1.09 bits per heavy atom. The molecule has 3 fully saturated rings. The predicted molar refractivity (Wildman–Crippen MR) is 78.6 cm³/mol. The van der Waals surface area contributed by atoms with Crippen LogP contribution in [0.2, 0.25) is 0 Å². The number of esters is 1. The van der Waals surface area contributed by atoms with Gasteiger partial charge in [0.25, 0.3) is 5.92 Å². The highest BCUT2D eigenvalue weighted by atomic mass is 19.3. The Labute approximate surface area is 130 Å². The molecule has 0 heterocycles. The Bertz CT molecular complexity index is 401. The number of alkyl halides is 3. The molecule has 0 aliphatic heterocycles. The smallest absolute Gasteiger partial charge is 0.306 e. The Morgan fingerprint density at radius 3 is 2.27 bits per heavy atom. The van der Waals surface area contributed by atoms with Gasteiger partial charge in [-0.2, -0.15) is 0 Å². The van der Waals surface area contributed by atoms with E-state index in [1.165, 1.54) is 0 Å². The Kier molecular flexibility index (Phi) is 5.13. The zero-order chi connectivity index (χ0) is 16.4. The molecule has 3 saturated carbocycles. The molecule has 0 amide bonds. The number of carbonyl (C=O) groups excluding carboxylic acids is 1. The van der Waals surface area contributed by atoms with Crippen molar-refractivity contribution in [3.63, 3.8) is 0 Å². The summed E-state index contributed by atoms with van der Waals surface area (Å²) in [6.07, 6.45) is 2.22. The van der Waals surface area contributed by atoms with Gasteiger partial charge >= 0.3 is 5.97 Å². The fourth-order valence-corrected chi connectivity index (χ4v) is 4.18. The monoisotopic (exact) mass is 320 g/mol. The molecule has 3 aliphatic carbocycles. The molecule has 0 aromatic carbocycles. The number of unbranched alkanes of at least 4 members (excludes halogenated alkanes) is 2. The second kappa shape index (κ2) is 6.40. The molecular formula is C17H27F3O2. The summed E-state index contributed by atoms with van der Waals surface area (Å²) in [5, 5.41) is 0. The van der Waals surface area contributed by atoms with E-state index in [2.05, 4.69) is 0 Å². The van der Waals surface area contributed by atoms with Gasteiger partial charge in [0.1, 0.15) is 5.60 Å². The molecule has 0 spiro atoms. The van der Waals surface area contributed by atoms with Crippen LogP contribution in [-0.4, -0.2) is 23.7 Å². The van der Waals surface area contributed by atoms with Gasteiger partial charge in [-0.1, -0.05) is 33.1 Å². The van der Waals surface area contributed by atoms with Gasteiger partial charge in [-0.3, -0.25) is 4.79 Å². The average molecular weight is 320 g/mol. The van der Waals surface area contributed by atoms with Crippen LogP contribution in [0.4, 0.5) is 13.2 Å². The molecule has 0 radical (unpaired) electrons. The molecule has 128 valence electrons. The maximum Gasteiger partial charge on any atom is 0.306 e. The van der Waals surface area contributed by atoms with Crippen molar-refractivity contribution in [3.05, 3.63) is 0 Å². The van der Waals surface area contributed by atoms with E-state index in [4.69, 9.17) is 4.74 Å². The van der Waals surface area contributed by atoms with E-state index in [9.17, 15) is 18.0 Å². The van der Waals surface area contributed by atoms with E-state index >= 15 is 0 Å². The molecule has 2 bridgehead atoms. The lowest BCUT2D eigenvalue weighted by atomic mass is 9.54. The predicted octanol–water partition coefficient (Wildman–Crippen LogP) is 5.20. The molecule has 1 atom stereocenters. The molecular weight excluding hydrogens is 293 g/mol. The molecule has 0 aromatic heterocycles. The SMILES string of the molecule is CCCCCC(=O)OC12CCC(CCC)(CC1)C(F)(F)C2F. The summed E-state index contributed by atoms with van der Waals surface area (Å²) in [4.78, 5) is 11.9. The number of halogens is 3. The fraction of sp³-hybridized carbons (Fsp3) is 0.941. The van der Waals surface area contributed by atoms with Crippen molar-refractivity contribution in [2.24, 2.45) is 5.41 Å². The summed E-state index contributed by atoms with van der Waals surface area (Å²) < 4.78 is 49.0. The fourth-order valence-electron chi connectivity index (χ4n) is 4.18. The van der Waals surface area contributed by atoms with Gasteiger partial charge in [-0.15, -0.1) is 0 Å². The van der Waals surface area contributed by atoms with Gasteiger partial charge in [0.15, 0.2) is 0 Å². The lowest BCUT2D eigenvalue weighted by Gasteiger charge is -2.58. The van der Waals surface area contributed by atoms with Gasteiger partial charge in [-0.25, -0.2) is 13.2 Å². The number of hydrogen-bond acceptors (Lipinski definition) is 2. The third-order valence-corrected chi connectivity index (χ3v) is 5.57. The second-order valence-corrected chi connectivity index (χ2v) is 7.01. The van der Waals surface area contributed by atoms with E-state index in [0.717, 1.165) is 12.8 Å². The van der Waals surface area contributed by atoms with Crippen LogP contribution >= 0.6 is 0 Å². The third kappa shape index (κ3) is 2.76. The van der Waals surface area contributed by atoms with Crippen molar-refractivity contribution in [1.29, 1.82) is 0 Å².